The van der Waals surface area contributed by atoms with Gasteiger partial charge in [0.25, 0.3) is 17.4 Å². The second-order valence-corrected chi connectivity index (χ2v) is 15.1. The molecular formula is C42H44N6O9. The largest absolute Gasteiger partial charge is 0.458 e. The molecule has 2 aromatic carbocycles. The van der Waals surface area contributed by atoms with Crippen molar-refractivity contribution in [1.29, 1.82) is 0 Å². The fraction of sp³-hybridized carbons (Fsp3) is 0.381. The van der Waals surface area contributed by atoms with Crippen molar-refractivity contribution in [2.24, 2.45) is 5.92 Å². The van der Waals surface area contributed by atoms with Crippen molar-refractivity contribution in [3.8, 4) is 11.4 Å². The summed E-state index contributed by atoms with van der Waals surface area (Å²) in [6.07, 6.45) is 4.40. The maximum Gasteiger partial charge on any atom is 0.343 e. The predicted octanol–water partition coefficient (Wildman–Crippen LogP) is 3.30. The van der Waals surface area contributed by atoms with Gasteiger partial charge in [-0.15, -0.1) is 0 Å². The van der Waals surface area contributed by atoms with E-state index in [4.69, 9.17) is 9.72 Å². The van der Waals surface area contributed by atoms with Gasteiger partial charge in [0.1, 0.15) is 18.7 Å². The Balaban J connectivity index is 0.983. The van der Waals surface area contributed by atoms with Crippen LogP contribution < -0.4 is 21.5 Å². The lowest BCUT2D eigenvalue weighted by Crippen LogP contribution is -2.53. The van der Waals surface area contributed by atoms with Gasteiger partial charge in [0.2, 0.25) is 17.7 Å². The highest BCUT2D eigenvalue weighted by molar-refractivity contribution is 6.13. The zero-order valence-electron chi connectivity index (χ0n) is 32.1. The van der Waals surface area contributed by atoms with Crippen LogP contribution in [0.3, 0.4) is 0 Å². The molecule has 3 aliphatic rings. The number of cyclic esters (lactones) is 1. The van der Waals surface area contributed by atoms with Crippen LogP contribution in [0.15, 0.2) is 59.4 Å². The fourth-order valence-electron chi connectivity index (χ4n) is 7.65. The number of ether oxygens (including phenoxy) is 1. The molecule has 4 aromatic rings. The molecule has 3 aliphatic heterocycles. The predicted molar refractivity (Wildman–Crippen MR) is 209 cm³/mol. The van der Waals surface area contributed by atoms with Crippen molar-refractivity contribution in [3.05, 3.63) is 81.7 Å². The highest BCUT2D eigenvalue weighted by atomic mass is 16.6. The van der Waals surface area contributed by atoms with Crippen molar-refractivity contribution in [2.45, 2.75) is 90.6 Å². The third kappa shape index (κ3) is 7.30. The Hall–Kier alpha value is -6.22. The quantitative estimate of drug-likeness (QED) is 0.0594. The minimum Gasteiger partial charge on any atom is -0.458 e. The molecule has 0 radical (unpaired) electrons. The minimum atomic E-state index is -1.91. The van der Waals surface area contributed by atoms with Gasteiger partial charge in [0.05, 0.1) is 29.0 Å². The van der Waals surface area contributed by atoms with Crippen LogP contribution in [0.2, 0.25) is 0 Å². The molecule has 0 bridgehead atoms. The van der Waals surface area contributed by atoms with Crippen LogP contribution in [-0.2, 0) is 52.3 Å². The molecule has 0 aliphatic carbocycles. The summed E-state index contributed by atoms with van der Waals surface area (Å²) in [6.45, 7) is 7.16. The first-order chi connectivity index (χ1) is 27.2. The Morgan fingerprint density at radius 1 is 0.912 bits per heavy atom. The molecule has 0 fully saturated rings. The van der Waals surface area contributed by atoms with E-state index in [2.05, 4.69) is 16.0 Å². The number of hydrogen-bond donors (Lipinski definition) is 4. The zero-order valence-corrected chi connectivity index (χ0v) is 32.1. The van der Waals surface area contributed by atoms with E-state index in [1.165, 1.54) is 12.2 Å². The molecule has 57 heavy (non-hydrogen) atoms. The molecule has 0 saturated carbocycles. The van der Waals surface area contributed by atoms with Crippen LogP contribution in [0.25, 0.3) is 33.1 Å². The highest BCUT2D eigenvalue weighted by Gasteiger charge is 2.45. The number of aromatic nitrogens is 2. The molecule has 0 spiro atoms. The molecule has 296 valence electrons. The number of imide groups is 1. The van der Waals surface area contributed by atoms with E-state index in [0.717, 1.165) is 26.6 Å². The molecular weight excluding hydrogens is 732 g/mol. The standard InChI is InChI=1S/C42H44N6O9/c1-5-42(56)30-19-32-37-25(20-48(32)40(54)29(30)21-57-41(42)55)18-28-27-12-11-26(17-24(27)10-13-31(28)45-37)44-38(52)23(4)43-39(53)36(22(2)3)46-33(49)9-7-6-8-16-47-34(50)14-15-35(47)51/h10-15,17-19,22-23,36,56H,5-9,16,20-21H2,1-4H3,(H,43,53)(H,44,52)(H,46,49)/t23-,36-,42-/m0/s1. The van der Waals surface area contributed by atoms with Crippen LogP contribution in [0.5, 0.6) is 0 Å². The summed E-state index contributed by atoms with van der Waals surface area (Å²) in [7, 11) is 0. The number of hydrogen-bond acceptors (Lipinski definition) is 10. The van der Waals surface area contributed by atoms with Gasteiger partial charge < -0.3 is 30.4 Å². The first-order valence-electron chi connectivity index (χ1n) is 19.2. The number of aliphatic hydroxyl groups is 1. The number of nitrogens with zero attached hydrogens (tertiary/aromatic N) is 3. The van der Waals surface area contributed by atoms with E-state index in [-0.39, 0.29) is 72.9 Å². The Morgan fingerprint density at radius 2 is 1.67 bits per heavy atom. The normalized spacial score (nSPS) is 18.0. The Labute approximate surface area is 327 Å². The van der Waals surface area contributed by atoms with Crippen LogP contribution in [0, 0.1) is 5.92 Å². The summed E-state index contributed by atoms with van der Waals surface area (Å²) in [5, 5.41) is 22.1. The lowest BCUT2D eigenvalue weighted by molar-refractivity contribution is -0.172. The summed E-state index contributed by atoms with van der Waals surface area (Å²) in [5.74, 6) is -2.95. The van der Waals surface area contributed by atoms with Crippen LogP contribution in [0.1, 0.15) is 76.5 Å². The molecule has 15 nitrogen and oxygen atoms in total. The van der Waals surface area contributed by atoms with E-state index < -0.39 is 35.5 Å². The van der Waals surface area contributed by atoms with Crippen LogP contribution >= 0.6 is 0 Å². The van der Waals surface area contributed by atoms with E-state index >= 15 is 0 Å². The molecule has 3 atom stereocenters. The SMILES string of the molecule is CC[C@@]1(O)C(=O)OCc2c1cc1n(c2=O)Cc2cc3c(ccc4cc(NC(=O)[C@H](C)NC(=O)[C@@H](NC(=O)CCCCCN5C(=O)C=CC5=O)C(C)C)ccc43)nc2-1. The van der Waals surface area contributed by atoms with Gasteiger partial charge in [0, 0.05) is 47.3 Å². The van der Waals surface area contributed by atoms with Crippen molar-refractivity contribution < 1.29 is 38.6 Å². The first kappa shape index (κ1) is 39.0. The first-order valence-corrected chi connectivity index (χ1v) is 19.2. The van der Waals surface area contributed by atoms with Crippen molar-refractivity contribution in [3.63, 3.8) is 0 Å². The van der Waals surface area contributed by atoms with Crippen molar-refractivity contribution in [2.75, 3.05) is 11.9 Å². The number of anilines is 1. The number of unbranched alkanes of at least 4 members (excludes halogenated alkanes) is 2. The van der Waals surface area contributed by atoms with Gasteiger partial charge in [-0.05, 0) is 73.2 Å². The van der Waals surface area contributed by atoms with Crippen molar-refractivity contribution in [1.82, 2.24) is 25.1 Å². The molecule has 0 saturated heterocycles. The number of pyridine rings is 2. The van der Waals surface area contributed by atoms with E-state index in [1.54, 1.807) is 44.4 Å². The smallest absolute Gasteiger partial charge is 0.343 e. The maximum atomic E-state index is 13.6. The Morgan fingerprint density at radius 3 is 2.39 bits per heavy atom. The molecule has 5 amide bonds. The van der Waals surface area contributed by atoms with Crippen molar-refractivity contribution >= 4 is 62.9 Å². The van der Waals surface area contributed by atoms with Gasteiger partial charge in [0.15, 0.2) is 5.60 Å². The number of nitrogens with one attached hydrogen (secondary N) is 3. The van der Waals surface area contributed by atoms with Gasteiger partial charge in [-0.2, -0.15) is 0 Å². The molecule has 2 aromatic heterocycles. The number of esters is 1. The average molecular weight is 777 g/mol. The van der Waals surface area contributed by atoms with Gasteiger partial charge in [-0.25, -0.2) is 9.78 Å². The summed E-state index contributed by atoms with van der Waals surface area (Å²) < 4.78 is 6.76. The molecule has 5 heterocycles. The third-order valence-electron chi connectivity index (χ3n) is 11.0. The van der Waals surface area contributed by atoms with Gasteiger partial charge in [-0.3, -0.25) is 33.7 Å². The lowest BCUT2D eigenvalue weighted by atomic mass is 9.86. The number of benzene rings is 2. The third-order valence-corrected chi connectivity index (χ3v) is 11.0. The Kier molecular flexibility index (Phi) is 10.5. The van der Waals surface area contributed by atoms with E-state index in [9.17, 15) is 38.7 Å². The number of carbonyl (C=O) groups is 6. The van der Waals surface area contributed by atoms with E-state index in [0.29, 0.717) is 41.9 Å². The summed E-state index contributed by atoms with van der Waals surface area (Å²) in [5.41, 5.74) is 1.38. The topological polar surface area (TPSA) is 206 Å². The maximum absolute atomic E-state index is 13.6. The number of amides is 5. The molecule has 7 rings (SSSR count). The van der Waals surface area contributed by atoms with Crippen LogP contribution in [0.4, 0.5) is 5.69 Å². The summed E-state index contributed by atoms with van der Waals surface area (Å²) in [4.78, 5) is 94.7. The lowest BCUT2D eigenvalue weighted by Gasteiger charge is -2.31. The number of fused-ring (bicyclic) bond motifs is 7. The summed E-state index contributed by atoms with van der Waals surface area (Å²) >= 11 is 0. The number of carbonyl (C=O) groups excluding carboxylic acids is 6. The second kappa shape index (κ2) is 15.4. The van der Waals surface area contributed by atoms with Gasteiger partial charge >= 0.3 is 5.97 Å². The fourth-order valence-corrected chi connectivity index (χ4v) is 7.65. The van der Waals surface area contributed by atoms with Gasteiger partial charge in [-0.1, -0.05) is 39.3 Å². The molecule has 0 unspecified atom stereocenters. The molecule has 15 heteroatoms. The second-order valence-electron chi connectivity index (χ2n) is 15.1. The van der Waals surface area contributed by atoms with E-state index in [1.807, 2.05) is 30.3 Å². The molecule has 4 N–H and O–H groups in total. The van der Waals surface area contributed by atoms with Crippen LogP contribution in [-0.4, -0.2) is 73.7 Å². The zero-order chi connectivity index (χ0) is 40.8. The number of rotatable bonds is 13. The highest BCUT2D eigenvalue weighted by Crippen LogP contribution is 2.39. The Bertz CT molecular complexity index is 2450. The monoisotopic (exact) mass is 776 g/mol. The minimum absolute atomic E-state index is 0.0540. The summed E-state index contributed by atoms with van der Waals surface area (Å²) in [6, 6.07) is 11.0. The average Bonchev–Trinajstić information content (AvgIpc) is 3.71.